The van der Waals surface area contributed by atoms with Crippen molar-refractivity contribution in [2.45, 2.75) is 65.6 Å². The monoisotopic (exact) mass is 465 g/mol. The summed E-state index contributed by atoms with van der Waals surface area (Å²) in [5.41, 5.74) is -0.00506. The maximum absolute atomic E-state index is 13.0. The van der Waals surface area contributed by atoms with E-state index in [0.29, 0.717) is 5.56 Å². The van der Waals surface area contributed by atoms with Crippen molar-refractivity contribution in [3.63, 3.8) is 0 Å². The van der Waals surface area contributed by atoms with Crippen LogP contribution in [-0.2, 0) is 23.9 Å². The highest BCUT2D eigenvalue weighted by Crippen LogP contribution is 2.31. The van der Waals surface area contributed by atoms with Gasteiger partial charge < -0.3 is 30.1 Å². The highest BCUT2D eigenvalue weighted by atomic mass is 16.6. The number of likely N-dealkylation sites (N-methyl/N-ethyl adjacent to an activating group) is 1. The molecule has 2 atom stereocenters. The Hall–Kier alpha value is -3.30. The Labute approximate surface area is 194 Å². The summed E-state index contributed by atoms with van der Waals surface area (Å²) in [6, 6.07) is 2.65. The number of hydrogen-bond acceptors (Lipinski definition) is 7. The third-order valence-electron chi connectivity index (χ3n) is 4.58. The van der Waals surface area contributed by atoms with Gasteiger partial charge in [-0.25, -0.2) is 4.79 Å². The van der Waals surface area contributed by atoms with E-state index in [-0.39, 0.29) is 30.9 Å². The minimum absolute atomic E-state index is 0.00547. The smallest absolute Gasteiger partial charge is 0.408 e. The number of nitrogens with one attached hydrogen (secondary N) is 2. The lowest BCUT2D eigenvalue weighted by Gasteiger charge is -2.31. The van der Waals surface area contributed by atoms with Crippen LogP contribution in [0.25, 0.3) is 0 Å². The van der Waals surface area contributed by atoms with Crippen LogP contribution >= 0.6 is 0 Å². The van der Waals surface area contributed by atoms with E-state index in [0.717, 1.165) is 4.90 Å². The van der Waals surface area contributed by atoms with Crippen molar-refractivity contribution in [3.8, 4) is 5.75 Å². The molecule has 0 aromatic heterocycles. The van der Waals surface area contributed by atoms with Gasteiger partial charge in [0.1, 0.15) is 23.4 Å². The van der Waals surface area contributed by atoms with Crippen molar-refractivity contribution in [2.75, 3.05) is 20.2 Å². The van der Waals surface area contributed by atoms with Crippen molar-refractivity contribution >= 4 is 23.9 Å². The topological polar surface area (TPSA) is 134 Å². The molecular formula is C23H35N3O7. The molecule has 0 aliphatic heterocycles. The van der Waals surface area contributed by atoms with Crippen molar-refractivity contribution < 1.29 is 33.8 Å². The molecule has 3 N–H and O–H groups in total. The minimum atomic E-state index is -1.21. The van der Waals surface area contributed by atoms with Crippen molar-refractivity contribution in [2.24, 2.45) is 0 Å². The van der Waals surface area contributed by atoms with Crippen molar-refractivity contribution in [1.82, 2.24) is 15.5 Å². The van der Waals surface area contributed by atoms with Gasteiger partial charge in [-0.3, -0.25) is 14.4 Å². The second-order valence-corrected chi connectivity index (χ2v) is 8.58. The lowest BCUT2D eigenvalue weighted by Crippen LogP contribution is -2.50. The summed E-state index contributed by atoms with van der Waals surface area (Å²) >= 11 is 0. The van der Waals surface area contributed by atoms with E-state index in [1.54, 1.807) is 46.8 Å². The fraction of sp³-hybridized carbons (Fsp3) is 0.565. The fourth-order valence-electron chi connectivity index (χ4n) is 3.02. The van der Waals surface area contributed by atoms with Gasteiger partial charge in [0.2, 0.25) is 11.8 Å². The van der Waals surface area contributed by atoms with Gasteiger partial charge in [0.05, 0.1) is 13.0 Å². The largest absolute Gasteiger partial charge is 0.507 e. The molecule has 0 heterocycles. The first-order valence-corrected chi connectivity index (χ1v) is 10.8. The van der Waals surface area contributed by atoms with Crippen LogP contribution in [0.4, 0.5) is 4.79 Å². The number of esters is 1. The molecule has 0 fully saturated rings. The molecule has 0 aliphatic carbocycles. The first-order valence-electron chi connectivity index (χ1n) is 10.8. The Morgan fingerprint density at radius 1 is 1.18 bits per heavy atom. The molecule has 0 bridgehead atoms. The summed E-state index contributed by atoms with van der Waals surface area (Å²) in [5, 5.41) is 15.6. The van der Waals surface area contributed by atoms with Gasteiger partial charge in [0, 0.05) is 19.2 Å². The average molecular weight is 466 g/mol. The minimum Gasteiger partial charge on any atom is -0.507 e. The number of phenolic OH excluding ortho intramolecular Hbond substituents is 1. The first-order chi connectivity index (χ1) is 15.3. The predicted octanol–water partition coefficient (Wildman–Crippen LogP) is 2.18. The van der Waals surface area contributed by atoms with E-state index in [4.69, 9.17) is 9.47 Å². The van der Waals surface area contributed by atoms with Crippen LogP contribution in [0, 0.1) is 6.92 Å². The highest BCUT2D eigenvalue weighted by Gasteiger charge is 2.34. The van der Waals surface area contributed by atoms with Crippen LogP contribution in [0.1, 0.15) is 58.2 Å². The van der Waals surface area contributed by atoms with Gasteiger partial charge in [0.15, 0.2) is 0 Å². The standard InChI is InChI=1S/C23H35N3O7/c1-8-32-17(27)12-13-24-20(29)18(16-11-9-10-14(2)19(16)28)26(7)21(30)15(3)25-22(31)33-23(4,5)6/h9-11,15,18,28H,8,12-13H2,1-7H3,(H,24,29)(H,25,31). The van der Waals surface area contributed by atoms with Gasteiger partial charge >= 0.3 is 12.1 Å². The number of aromatic hydroxyl groups is 1. The highest BCUT2D eigenvalue weighted by molar-refractivity contribution is 5.92. The van der Waals surface area contributed by atoms with Crippen LogP contribution < -0.4 is 10.6 Å². The summed E-state index contributed by atoms with van der Waals surface area (Å²) in [5.74, 6) is -1.77. The number of hydrogen-bond donors (Lipinski definition) is 3. The lowest BCUT2D eigenvalue weighted by molar-refractivity contribution is -0.143. The molecule has 1 aromatic carbocycles. The molecule has 0 spiro atoms. The summed E-state index contributed by atoms with van der Waals surface area (Å²) < 4.78 is 10.0. The van der Waals surface area contributed by atoms with Crippen LogP contribution in [0.5, 0.6) is 5.75 Å². The number of carbonyl (C=O) groups excluding carboxylic acids is 4. The zero-order valence-electron chi connectivity index (χ0n) is 20.4. The van der Waals surface area contributed by atoms with Crippen LogP contribution in [0.2, 0.25) is 0 Å². The number of aryl methyl sites for hydroxylation is 1. The Kier molecular flexibility index (Phi) is 10.2. The molecule has 1 rings (SSSR count). The Bertz CT molecular complexity index is 864. The zero-order valence-corrected chi connectivity index (χ0v) is 20.4. The van der Waals surface area contributed by atoms with E-state index in [9.17, 15) is 24.3 Å². The molecule has 10 nitrogen and oxygen atoms in total. The zero-order chi connectivity index (χ0) is 25.3. The molecule has 2 unspecified atom stereocenters. The Morgan fingerprint density at radius 2 is 1.82 bits per heavy atom. The average Bonchev–Trinajstić information content (AvgIpc) is 2.69. The summed E-state index contributed by atoms with van der Waals surface area (Å²) in [6.07, 6.45) is -0.814. The van der Waals surface area contributed by atoms with E-state index >= 15 is 0 Å². The van der Waals surface area contributed by atoms with Gasteiger partial charge in [-0.1, -0.05) is 18.2 Å². The maximum atomic E-state index is 13.0. The molecule has 3 amide bonds. The second-order valence-electron chi connectivity index (χ2n) is 8.58. The number of para-hydroxylation sites is 1. The van der Waals surface area contributed by atoms with E-state index in [1.165, 1.54) is 20.0 Å². The van der Waals surface area contributed by atoms with Crippen LogP contribution in [0.3, 0.4) is 0 Å². The lowest BCUT2D eigenvalue weighted by atomic mass is 10.00. The number of phenols is 1. The fourth-order valence-corrected chi connectivity index (χ4v) is 3.02. The molecule has 184 valence electrons. The van der Waals surface area contributed by atoms with Crippen molar-refractivity contribution in [3.05, 3.63) is 29.3 Å². The third-order valence-corrected chi connectivity index (χ3v) is 4.58. The van der Waals surface area contributed by atoms with Crippen molar-refractivity contribution in [1.29, 1.82) is 0 Å². The van der Waals surface area contributed by atoms with Gasteiger partial charge in [-0.2, -0.15) is 0 Å². The maximum Gasteiger partial charge on any atom is 0.408 e. The number of amides is 3. The van der Waals surface area contributed by atoms with Gasteiger partial charge in [-0.15, -0.1) is 0 Å². The number of benzene rings is 1. The number of alkyl carbamates (subject to hydrolysis) is 1. The number of rotatable bonds is 9. The van der Waals surface area contributed by atoms with E-state index in [2.05, 4.69) is 10.6 Å². The number of carbonyl (C=O) groups is 4. The molecule has 0 radical (unpaired) electrons. The molecule has 10 heteroatoms. The molecule has 33 heavy (non-hydrogen) atoms. The normalized spacial score (nSPS) is 12.8. The summed E-state index contributed by atoms with van der Waals surface area (Å²) in [4.78, 5) is 50.9. The van der Waals surface area contributed by atoms with Crippen LogP contribution in [0.15, 0.2) is 18.2 Å². The predicted molar refractivity (Wildman–Crippen MR) is 121 cm³/mol. The molecule has 1 aromatic rings. The molecular weight excluding hydrogens is 430 g/mol. The molecule has 0 saturated carbocycles. The van der Waals surface area contributed by atoms with Gasteiger partial charge in [-0.05, 0) is 47.1 Å². The quantitative estimate of drug-likeness (QED) is 0.476. The molecule has 0 aliphatic rings. The summed E-state index contributed by atoms with van der Waals surface area (Å²) in [6.45, 7) is 10.1. The third kappa shape index (κ3) is 8.63. The summed E-state index contributed by atoms with van der Waals surface area (Å²) in [7, 11) is 1.40. The number of nitrogens with zero attached hydrogens (tertiary/aromatic N) is 1. The Balaban J connectivity index is 3.08. The first kappa shape index (κ1) is 27.7. The second kappa shape index (κ2) is 12.1. The Morgan fingerprint density at radius 3 is 2.39 bits per heavy atom. The SMILES string of the molecule is CCOC(=O)CCNC(=O)C(c1cccc(C)c1O)N(C)C(=O)C(C)NC(=O)OC(C)(C)C. The van der Waals surface area contributed by atoms with E-state index < -0.39 is 41.6 Å². The number of ether oxygens (including phenoxy) is 2. The van der Waals surface area contributed by atoms with E-state index in [1.807, 2.05) is 0 Å². The molecule has 0 saturated heterocycles. The van der Waals surface area contributed by atoms with Crippen LogP contribution in [-0.4, -0.2) is 65.7 Å². The van der Waals surface area contributed by atoms with Gasteiger partial charge in [0.25, 0.3) is 0 Å².